The van der Waals surface area contributed by atoms with Gasteiger partial charge in [0.05, 0.1) is 4.88 Å². The van der Waals surface area contributed by atoms with Crippen molar-refractivity contribution in [2.24, 2.45) is 12.2 Å². The van der Waals surface area contributed by atoms with E-state index in [1.54, 1.807) is 19.3 Å². The van der Waals surface area contributed by atoms with Gasteiger partial charge in [-0.15, -0.1) is 11.3 Å². The van der Waals surface area contributed by atoms with E-state index in [1.165, 1.54) is 17.7 Å². The summed E-state index contributed by atoms with van der Waals surface area (Å²) in [6.45, 7) is 1.38. The Morgan fingerprint density at radius 3 is 2.75 bits per heavy atom. The molecule has 4 rings (SSSR count). The van der Waals surface area contributed by atoms with Gasteiger partial charge in [0.1, 0.15) is 27.8 Å². The molecule has 0 spiro atoms. The number of fused-ring (bicyclic) bond motifs is 1. The number of hydrogen-bond acceptors (Lipinski definition) is 7. The molecular weight excluding hydrogens is 454 g/mol. The maximum atomic E-state index is 12.7. The number of amides is 1. The second-order valence-electron chi connectivity index (χ2n) is 7.90. The molecule has 0 aliphatic carbocycles. The second-order valence-corrected chi connectivity index (χ2v) is 10.7. The maximum absolute atomic E-state index is 12.7. The van der Waals surface area contributed by atoms with Crippen LogP contribution in [0.5, 0.6) is 5.75 Å². The maximum Gasteiger partial charge on any atom is 0.274 e. The average Bonchev–Trinajstić information content (AvgIpc) is 3.46. The first-order chi connectivity index (χ1) is 15.1. The number of nitrogens with two attached hydrogens (primary N) is 1. The van der Waals surface area contributed by atoms with Gasteiger partial charge in [-0.05, 0) is 32.5 Å². The molecule has 1 atom stereocenters. The summed E-state index contributed by atoms with van der Waals surface area (Å²) >= 11 is 0.974. The smallest absolute Gasteiger partial charge is 0.274 e. The number of thiophene rings is 1. The third-order valence-corrected chi connectivity index (χ3v) is 8.31. The molecule has 172 valence electrons. The summed E-state index contributed by atoms with van der Waals surface area (Å²) < 4.78 is 31.6. The summed E-state index contributed by atoms with van der Waals surface area (Å²) in [5, 5.41) is 8.41. The molecule has 10 nitrogen and oxygen atoms in total. The summed E-state index contributed by atoms with van der Waals surface area (Å²) in [7, 11) is 1.16. The molecule has 0 radical (unpaired) electrons. The molecule has 4 N–H and O–H groups in total. The Bertz CT molecular complexity index is 1350. The summed E-state index contributed by atoms with van der Waals surface area (Å²) in [6, 6.07) is 3.23. The molecule has 1 fully saturated rings. The number of rotatable bonds is 6. The van der Waals surface area contributed by atoms with E-state index >= 15 is 0 Å². The van der Waals surface area contributed by atoms with Crippen molar-refractivity contribution in [2.45, 2.75) is 23.1 Å². The van der Waals surface area contributed by atoms with Crippen LogP contribution in [0.25, 0.3) is 21.3 Å². The van der Waals surface area contributed by atoms with Crippen LogP contribution in [-0.4, -0.2) is 62.1 Å². The van der Waals surface area contributed by atoms with Crippen molar-refractivity contribution in [3.63, 3.8) is 0 Å². The van der Waals surface area contributed by atoms with Gasteiger partial charge in [-0.25, -0.2) is 13.6 Å². The van der Waals surface area contributed by atoms with Gasteiger partial charge in [-0.1, -0.05) is 0 Å². The van der Waals surface area contributed by atoms with Gasteiger partial charge in [0, 0.05) is 43.4 Å². The molecule has 4 heterocycles. The highest BCUT2D eigenvalue weighted by Crippen LogP contribution is 2.42. The molecule has 0 bridgehead atoms. The second kappa shape index (κ2) is 8.35. The Morgan fingerprint density at radius 2 is 2.12 bits per heavy atom. The number of aromatic amines is 1. The van der Waals surface area contributed by atoms with Crippen molar-refractivity contribution in [2.75, 3.05) is 27.2 Å². The van der Waals surface area contributed by atoms with Crippen LogP contribution >= 0.6 is 11.3 Å². The normalized spacial score (nSPS) is 17.2. The number of H-pyrrole nitrogens is 1. The number of aryl methyl sites for hydroxylation is 1. The molecule has 0 saturated carbocycles. The Morgan fingerprint density at radius 1 is 1.38 bits per heavy atom. The largest absolute Gasteiger partial charge is 0.490 e. The highest BCUT2D eigenvalue weighted by Gasteiger charge is 2.26. The van der Waals surface area contributed by atoms with Crippen LogP contribution in [0.4, 0.5) is 0 Å². The van der Waals surface area contributed by atoms with Crippen molar-refractivity contribution in [1.29, 1.82) is 0 Å². The van der Waals surface area contributed by atoms with Gasteiger partial charge in [0.2, 0.25) is 10.0 Å². The van der Waals surface area contributed by atoms with Gasteiger partial charge in [-0.2, -0.15) is 0 Å². The molecule has 1 saturated heterocycles. The fraction of sp³-hybridized carbons (Fsp3) is 0.400. The fourth-order valence-corrected chi connectivity index (χ4v) is 5.78. The predicted molar refractivity (Wildman–Crippen MR) is 123 cm³/mol. The van der Waals surface area contributed by atoms with Crippen LogP contribution in [0.3, 0.4) is 0 Å². The molecule has 0 aromatic carbocycles. The summed E-state index contributed by atoms with van der Waals surface area (Å²) in [4.78, 5) is 30.4. The first-order valence-electron chi connectivity index (χ1n) is 10.0. The molecule has 3 aromatic rings. The van der Waals surface area contributed by atoms with Crippen molar-refractivity contribution < 1.29 is 17.9 Å². The Hall–Kier alpha value is -2.67. The number of likely N-dealkylation sites (tertiary alicyclic amines) is 1. The first kappa shape index (κ1) is 22.5. The first-order valence-corrected chi connectivity index (χ1v) is 12.4. The van der Waals surface area contributed by atoms with Gasteiger partial charge in [-0.3, -0.25) is 9.59 Å². The zero-order chi connectivity index (χ0) is 23.2. The number of carbonyl (C=O) groups excluding carboxylic acids is 1. The molecule has 1 amide bonds. The monoisotopic (exact) mass is 479 g/mol. The highest BCUT2D eigenvalue weighted by molar-refractivity contribution is 7.91. The number of hydrogen-bond donors (Lipinski definition) is 3. The third-order valence-electron chi connectivity index (χ3n) is 5.74. The molecule has 3 aromatic heterocycles. The lowest BCUT2D eigenvalue weighted by Gasteiger charge is -2.19. The lowest BCUT2D eigenvalue weighted by Crippen LogP contribution is -2.30. The van der Waals surface area contributed by atoms with Gasteiger partial charge >= 0.3 is 0 Å². The van der Waals surface area contributed by atoms with Crippen LogP contribution in [-0.2, 0) is 17.1 Å². The van der Waals surface area contributed by atoms with Crippen LogP contribution in [0, 0.1) is 0 Å². The Labute approximate surface area is 189 Å². The van der Waals surface area contributed by atoms with Crippen LogP contribution in [0.15, 0.2) is 27.3 Å². The minimum atomic E-state index is -3.96. The van der Waals surface area contributed by atoms with Crippen LogP contribution in [0.1, 0.15) is 23.3 Å². The van der Waals surface area contributed by atoms with Gasteiger partial charge < -0.3 is 24.5 Å². The SMILES string of the molecule is CNC(=O)c1cc2c(-c3sc(S(N)(=O)=O)cc3OCC3CCCN3C)cn(C)c(=O)c2[nH]1. The summed E-state index contributed by atoms with van der Waals surface area (Å²) in [5.74, 6) is 0.00770. The van der Waals surface area contributed by atoms with E-state index in [4.69, 9.17) is 9.88 Å². The zero-order valence-electron chi connectivity index (χ0n) is 18.0. The average molecular weight is 480 g/mol. The van der Waals surface area contributed by atoms with Crippen molar-refractivity contribution >= 4 is 38.2 Å². The number of sulfonamides is 1. The molecule has 1 unspecified atom stereocenters. The van der Waals surface area contributed by atoms with E-state index in [9.17, 15) is 18.0 Å². The number of nitrogens with zero attached hydrogens (tertiary/aromatic N) is 2. The lowest BCUT2D eigenvalue weighted by atomic mass is 10.1. The van der Waals surface area contributed by atoms with E-state index < -0.39 is 10.0 Å². The minimum Gasteiger partial charge on any atom is -0.490 e. The van der Waals surface area contributed by atoms with Crippen molar-refractivity contribution in [3.8, 4) is 16.2 Å². The van der Waals surface area contributed by atoms with Crippen molar-refractivity contribution in [3.05, 3.63) is 34.4 Å². The van der Waals surface area contributed by atoms with E-state index in [0.717, 1.165) is 30.7 Å². The number of primary sulfonamides is 1. The minimum absolute atomic E-state index is 0.0358. The van der Waals surface area contributed by atoms with E-state index in [2.05, 4.69) is 15.2 Å². The van der Waals surface area contributed by atoms with E-state index in [-0.39, 0.29) is 32.9 Å². The predicted octanol–water partition coefficient (Wildman–Crippen LogP) is 1.08. The quantitative estimate of drug-likeness (QED) is 0.483. The van der Waals surface area contributed by atoms with Crippen LogP contribution in [0.2, 0.25) is 0 Å². The number of ether oxygens (including phenoxy) is 1. The van der Waals surface area contributed by atoms with Gasteiger partial charge in [0.25, 0.3) is 11.5 Å². The number of carbonyl (C=O) groups is 1. The van der Waals surface area contributed by atoms with E-state index in [0.29, 0.717) is 28.2 Å². The third kappa shape index (κ3) is 4.06. The fourth-order valence-electron chi connectivity index (χ4n) is 3.94. The lowest BCUT2D eigenvalue weighted by molar-refractivity contribution is 0.0959. The number of aromatic nitrogens is 2. The van der Waals surface area contributed by atoms with E-state index in [1.807, 2.05) is 7.05 Å². The zero-order valence-corrected chi connectivity index (χ0v) is 19.6. The number of likely N-dealkylation sites (N-methyl/N-ethyl adjacent to an activating group) is 1. The molecule has 12 heteroatoms. The topological polar surface area (TPSA) is 140 Å². The Kier molecular flexibility index (Phi) is 5.88. The number of nitrogens with one attached hydrogen (secondary N) is 2. The summed E-state index contributed by atoms with van der Waals surface area (Å²) in [6.07, 6.45) is 3.69. The molecular formula is C20H25N5O5S2. The van der Waals surface area contributed by atoms with Crippen LogP contribution < -0.4 is 20.8 Å². The summed E-state index contributed by atoms with van der Waals surface area (Å²) in [5.41, 5.74) is 0.737. The Balaban J connectivity index is 1.87. The standard InChI is InChI=1S/C20H25N5O5S2/c1-22-19(26)14-7-12-13(9-25(3)20(27)17(12)23-14)18-15(8-16(31-18)32(21,28)29)30-10-11-5-4-6-24(11)2/h7-9,11,23H,4-6,10H2,1-3H3,(H,22,26)(H2,21,28,29). The molecule has 1 aliphatic rings. The molecule has 1 aliphatic heterocycles. The van der Waals surface area contributed by atoms with Crippen molar-refractivity contribution in [1.82, 2.24) is 19.8 Å². The highest BCUT2D eigenvalue weighted by atomic mass is 32.2. The number of pyridine rings is 1. The van der Waals surface area contributed by atoms with Gasteiger partial charge in [0.15, 0.2) is 0 Å². The molecule has 32 heavy (non-hydrogen) atoms.